The van der Waals surface area contributed by atoms with Crippen LogP contribution in [0.25, 0.3) is 0 Å². The van der Waals surface area contributed by atoms with Crippen LogP contribution in [0.4, 0.5) is 5.69 Å². The van der Waals surface area contributed by atoms with Crippen LogP contribution in [0.2, 0.25) is 0 Å². The van der Waals surface area contributed by atoms with E-state index in [1.807, 2.05) is 6.92 Å². The van der Waals surface area contributed by atoms with Gasteiger partial charge in [-0.1, -0.05) is 13.8 Å². The molecule has 1 rings (SSSR count). The number of aliphatic hydroxyl groups excluding tert-OH is 1. The molecule has 0 saturated carbocycles. The molecule has 96 valence electrons. The summed E-state index contributed by atoms with van der Waals surface area (Å²) in [6.45, 7) is 3.66. The lowest BCUT2D eigenvalue weighted by atomic mass is 10.2. The first kappa shape index (κ1) is 14.0. The number of nitrogens with one attached hydrogen (secondary N) is 1. The minimum atomic E-state index is -3.13. The van der Waals surface area contributed by atoms with Crippen molar-refractivity contribution in [1.82, 2.24) is 0 Å². The van der Waals surface area contributed by atoms with Crippen molar-refractivity contribution in [3.05, 3.63) is 24.3 Å². The molecule has 2 N–H and O–H groups in total. The average Bonchev–Trinajstić information content (AvgIpc) is 2.36. The normalized spacial score (nSPS) is 13.4. The molecule has 1 unspecified atom stereocenters. The van der Waals surface area contributed by atoms with E-state index in [9.17, 15) is 8.42 Å². The molecule has 4 nitrogen and oxygen atoms in total. The van der Waals surface area contributed by atoms with Crippen LogP contribution >= 0.6 is 0 Å². The molecular weight excluding hydrogens is 238 g/mol. The number of aliphatic hydroxyl groups is 1. The zero-order chi connectivity index (χ0) is 12.9. The van der Waals surface area contributed by atoms with Crippen molar-refractivity contribution in [3.8, 4) is 0 Å². The van der Waals surface area contributed by atoms with Crippen LogP contribution < -0.4 is 5.32 Å². The number of anilines is 1. The van der Waals surface area contributed by atoms with Gasteiger partial charge in [0.15, 0.2) is 9.84 Å². The fourth-order valence-corrected chi connectivity index (χ4v) is 2.32. The van der Waals surface area contributed by atoms with Gasteiger partial charge < -0.3 is 10.4 Å². The molecule has 0 heterocycles. The van der Waals surface area contributed by atoms with Gasteiger partial charge in [-0.05, 0) is 30.7 Å². The van der Waals surface area contributed by atoms with Crippen molar-refractivity contribution >= 4 is 15.5 Å². The number of hydrogen-bond donors (Lipinski definition) is 2. The third kappa shape index (κ3) is 3.71. The Bertz CT molecular complexity index is 435. The van der Waals surface area contributed by atoms with E-state index in [-0.39, 0.29) is 18.4 Å². The van der Waals surface area contributed by atoms with E-state index >= 15 is 0 Å². The Kier molecular flexibility index (Phi) is 4.96. The summed E-state index contributed by atoms with van der Waals surface area (Å²) in [5, 5.41) is 12.2. The lowest BCUT2D eigenvalue weighted by Gasteiger charge is -2.15. The minimum absolute atomic E-state index is 0.00336. The average molecular weight is 257 g/mol. The molecule has 1 atom stereocenters. The summed E-state index contributed by atoms with van der Waals surface area (Å²) >= 11 is 0. The molecule has 0 aliphatic carbocycles. The van der Waals surface area contributed by atoms with E-state index in [1.165, 1.54) is 0 Å². The molecule has 0 aliphatic rings. The molecule has 0 radical (unpaired) electrons. The second-order valence-electron chi connectivity index (χ2n) is 3.86. The molecule has 1 aromatic rings. The maximum atomic E-state index is 11.6. The SMILES string of the molecule is CCC(CO)Nc1ccc(S(=O)(=O)CC)cc1. The van der Waals surface area contributed by atoms with Crippen molar-refractivity contribution in [2.75, 3.05) is 17.7 Å². The lowest BCUT2D eigenvalue weighted by Crippen LogP contribution is -2.22. The van der Waals surface area contributed by atoms with Crippen LogP contribution in [-0.2, 0) is 9.84 Å². The predicted octanol–water partition coefficient (Wildman–Crippen LogP) is 1.66. The summed E-state index contributed by atoms with van der Waals surface area (Å²) in [5.74, 6) is 0.105. The van der Waals surface area contributed by atoms with Crippen molar-refractivity contribution in [2.24, 2.45) is 0 Å². The van der Waals surface area contributed by atoms with Crippen LogP contribution in [0.15, 0.2) is 29.2 Å². The van der Waals surface area contributed by atoms with Crippen LogP contribution in [0.1, 0.15) is 20.3 Å². The quantitative estimate of drug-likeness (QED) is 0.813. The number of benzene rings is 1. The minimum Gasteiger partial charge on any atom is -0.394 e. The maximum Gasteiger partial charge on any atom is 0.178 e. The molecule has 0 fully saturated rings. The Labute approximate surface area is 103 Å². The van der Waals surface area contributed by atoms with Crippen LogP contribution in [0.3, 0.4) is 0 Å². The van der Waals surface area contributed by atoms with Gasteiger partial charge in [-0.2, -0.15) is 0 Å². The highest BCUT2D eigenvalue weighted by atomic mass is 32.2. The molecule has 0 aromatic heterocycles. The van der Waals surface area contributed by atoms with Gasteiger partial charge in [0.05, 0.1) is 17.3 Å². The van der Waals surface area contributed by atoms with E-state index in [0.29, 0.717) is 4.90 Å². The zero-order valence-corrected chi connectivity index (χ0v) is 11.0. The van der Waals surface area contributed by atoms with E-state index in [0.717, 1.165) is 12.1 Å². The Balaban J connectivity index is 2.82. The second-order valence-corrected chi connectivity index (χ2v) is 6.14. The van der Waals surface area contributed by atoms with Gasteiger partial charge in [0.2, 0.25) is 0 Å². The molecule has 0 aliphatic heterocycles. The van der Waals surface area contributed by atoms with Crippen LogP contribution in [0.5, 0.6) is 0 Å². The van der Waals surface area contributed by atoms with Gasteiger partial charge in [0, 0.05) is 11.7 Å². The van der Waals surface area contributed by atoms with E-state index in [1.54, 1.807) is 31.2 Å². The van der Waals surface area contributed by atoms with Gasteiger partial charge in [-0.25, -0.2) is 8.42 Å². The largest absolute Gasteiger partial charge is 0.394 e. The summed E-state index contributed by atoms with van der Waals surface area (Å²) in [4.78, 5) is 0.336. The number of sulfone groups is 1. The van der Waals surface area contributed by atoms with Gasteiger partial charge in [-0.15, -0.1) is 0 Å². The third-order valence-corrected chi connectivity index (χ3v) is 4.43. The Morgan fingerprint density at radius 1 is 1.24 bits per heavy atom. The molecular formula is C12H19NO3S. The Morgan fingerprint density at radius 2 is 1.82 bits per heavy atom. The molecule has 17 heavy (non-hydrogen) atoms. The van der Waals surface area contributed by atoms with Crippen molar-refractivity contribution in [1.29, 1.82) is 0 Å². The standard InChI is InChI=1S/C12H19NO3S/c1-3-10(9-14)13-11-5-7-12(8-6-11)17(15,16)4-2/h5-8,10,13-14H,3-4,9H2,1-2H3. The first-order valence-electron chi connectivity index (χ1n) is 5.73. The first-order chi connectivity index (χ1) is 8.03. The van der Waals surface area contributed by atoms with Gasteiger partial charge in [-0.3, -0.25) is 0 Å². The molecule has 0 amide bonds. The van der Waals surface area contributed by atoms with Crippen LogP contribution in [-0.4, -0.2) is 31.9 Å². The number of rotatable bonds is 6. The zero-order valence-electron chi connectivity index (χ0n) is 10.2. The summed E-state index contributed by atoms with van der Waals surface area (Å²) < 4.78 is 23.2. The van der Waals surface area contributed by atoms with E-state index in [4.69, 9.17) is 5.11 Å². The molecule has 1 aromatic carbocycles. The highest BCUT2D eigenvalue weighted by molar-refractivity contribution is 7.91. The maximum absolute atomic E-state index is 11.6. The smallest absolute Gasteiger partial charge is 0.178 e. The molecule has 0 saturated heterocycles. The third-order valence-electron chi connectivity index (χ3n) is 2.68. The topological polar surface area (TPSA) is 66.4 Å². The molecule has 0 bridgehead atoms. The summed E-state index contributed by atoms with van der Waals surface area (Å²) in [7, 11) is -3.13. The van der Waals surface area contributed by atoms with Gasteiger partial charge >= 0.3 is 0 Å². The predicted molar refractivity (Wildman–Crippen MR) is 69.0 cm³/mol. The summed E-state index contributed by atoms with van der Waals surface area (Å²) in [6, 6.07) is 6.63. The Morgan fingerprint density at radius 3 is 2.24 bits per heavy atom. The fraction of sp³-hybridized carbons (Fsp3) is 0.500. The van der Waals surface area contributed by atoms with Crippen molar-refractivity contribution < 1.29 is 13.5 Å². The summed E-state index contributed by atoms with van der Waals surface area (Å²) in [5.41, 5.74) is 0.820. The van der Waals surface area contributed by atoms with Gasteiger partial charge in [0.1, 0.15) is 0 Å². The van der Waals surface area contributed by atoms with E-state index in [2.05, 4.69) is 5.32 Å². The molecule has 0 spiro atoms. The fourth-order valence-electron chi connectivity index (χ4n) is 1.44. The molecule has 5 heteroatoms. The monoisotopic (exact) mass is 257 g/mol. The Hall–Kier alpha value is -1.07. The first-order valence-corrected chi connectivity index (χ1v) is 7.39. The van der Waals surface area contributed by atoms with Crippen LogP contribution in [0, 0.1) is 0 Å². The summed E-state index contributed by atoms with van der Waals surface area (Å²) in [6.07, 6.45) is 0.811. The number of hydrogen-bond acceptors (Lipinski definition) is 4. The lowest BCUT2D eigenvalue weighted by molar-refractivity contribution is 0.272. The van der Waals surface area contributed by atoms with Gasteiger partial charge in [0.25, 0.3) is 0 Å². The van der Waals surface area contributed by atoms with Crippen molar-refractivity contribution in [3.63, 3.8) is 0 Å². The van der Waals surface area contributed by atoms with E-state index < -0.39 is 9.84 Å². The van der Waals surface area contributed by atoms with Crippen molar-refractivity contribution in [2.45, 2.75) is 31.2 Å². The highest BCUT2D eigenvalue weighted by Gasteiger charge is 2.11. The second kappa shape index (κ2) is 6.02. The highest BCUT2D eigenvalue weighted by Crippen LogP contribution is 2.16.